The van der Waals surface area contributed by atoms with Crippen LogP contribution in [0.4, 0.5) is 5.69 Å². The molecule has 0 radical (unpaired) electrons. The van der Waals surface area contributed by atoms with Crippen LogP contribution in [0.15, 0.2) is 60.7 Å². The Labute approximate surface area is 174 Å². The Bertz CT molecular complexity index is 1110. The summed E-state index contributed by atoms with van der Waals surface area (Å²) in [6.07, 6.45) is 3.19. The predicted molar refractivity (Wildman–Crippen MR) is 113 cm³/mol. The molecule has 0 aromatic heterocycles. The number of ketones is 1. The number of ether oxygens (including phenoxy) is 2. The number of non-ortho nitro benzene ring substituents is 1. The molecule has 3 aromatic carbocycles. The van der Waals surface area contributed by atoms with Gasteiger partial charge in [-0.05, 0) is 60.2 Å². The maximum atomic E-state index is 12.7. The first kappa shape index (κ1) is 19.6. The Morgan fingerprint density at radius 3 is 2.50 bits per heavy atom. The lowest BCUT2D eigenvalue weighted by Gasteiger charge is -2.12. The molecule has 152 valence electrons. The van der Waals surface area contributed by atoms with Crippen molar-refractivity contribution in [3.8, 4) is 22.6 Å². The fourth-order valence-corrected chi connectivity index (χ4v) is 3.73. The van der Waals surface area contributed by atoms with Crippen molar-refractivity contribution in [1.82, 2.24) is 0 Å². The largest absolute Gasteiger partial charge is 0.497 e. The normalized spacial score (nSPS) is 12.3. The summed E-state index contributed by atoms with van der Waals surface area (Å²) < 4.78 is 11.0. The summed E-state index contributed by atoms with van der Waals surface area (Å²) in [6, 6.07) is 17.3. The molecule has 0 atom stereocenters. The third-order valence-corrected chi connectivity index (χ3v) is 5.35. The lowest BCUT2D eigenvalue weighted by atomic mass is 10.0. The SMILES string of the molecule is COc1ccc(-c2cc([N+](=O)[O-])ccc2OCC(=O)c2ccc3c(c2)CCC3)cc1. The molecular weight excluding hydrogens is 382 g/mol. The number of aryl methyl sites for hydroxylation is 2. The minimum absolute atomic E-state index is 0.0434. The number of carbonyl (C=O) groups is 1. The van der Waals surface area contributed by atoms with Crippen molar-refractivity contribution in [2.24, 2.45) is 0 Å². The monoisotopic (exact) mass is 403 g/mol. The summed E-state index contributed by atoms with van der Waals surface area (Å²) in [7, 11) is 1.57. The van der Waals surface area contributed by atoms with Crippen LogP contribution in [0, 0.1) is 10.1 Å². The van der Waals surface area contributed by atoms with Gasteiger partial charge in [0.25, 0.3) is 5.69 Å². The van der Waals surface area contributed by atoms with Crippen LogP contribution in [0.1, 0.15) is 27.9 Å². The molecule has 6 nitrogen and oxygen atoms in total. The van der Waals surface area contributed by atoms with Crippen LogP contribution in [0.3, 0.4) is 0 Å². The highest BCUT2D eigenvalue weighted by molar-refractivity contribution is 5.97. The second-order valence-electron chi connectivity index (χ2n) is 7.21. The first-order valence-corrected chi connectivity index (χ1v) is 9.76. The molecule has 1 aliphatic rings. The van der Waals surface area contributed by atoms with Gasteiger partial charge < -0.3 is 9.47 Å². The molecule has 0 saturated heterocycles. The van der Waals surface area contributed by atoms with E-state index in [1.165, 1.54) is 29.3 Å². The molecule has 0 fully saturated rings. The highest BCUT2D eigenvalue weighted by Crippen LogP contribution is 2.34. The Morgan fingerprint density at radius 2 is 1.77 bits per heavy atom. The fraction of sp³-hybridized carbons (Fsp3) is 0.208. The van der Waals surface area contributed by atoms with E-state index < -0.39 is 4.92 Å². The maximum absolute atomic E-state index is 12.7. The van der Waals surface area contributed by atoms with E-state index in [2.05, 4.69) is 0 Å². The molecule has 0 bridgehead atoms. The number of nitrogens with zero attached hydrogens (tertiary/aromatic N) is 1. The molecule has 4 rings (SSSR count). The molecule has 0 heterocycles. The molecule has 0 spiro atoms. The van der Waals surface area contributed by atoms with Gasteiger partial charge in [-0.25, -0.2) is 0 Å². The molecule has 6 heteroatoms. The Hall–Kier alpha value is -3.67. The van der Waals surface area contributed by atoms with E-state index in [-0.39, 0.29) is 18.1 Å². The first-order valence-electron chi connectivity index (χ1n) is 9.76. The number of nitro benzene ring substituents is 1. The first-order chi connectivity index (χ1) is 14.5. The number of nitro groups is 1. The van der Waals surface area contributed by atoms with Crippen LogP contribution in [-0.4, -0.2) is 24.4 Å². The van der Waals surface area contributed by atoms with E-state index in [0.717, 1.165) is 24.8 Å². The van der Waals surface area contributed by atoms with Crippen LogP contribution in [0.2, 0.25) is 0 Å². The molecule has 0 N–H and O–H groups in total. The van der Waals surface area contributed by atoms with Gasteiger partial charge in [-0.1, -0.05) is 24.3 Å². The molecule has 0 aliphatic heterocycles. The van der Waals surface area contributed by atoms with Crippen molar-refractivity contribution in [2.45, 2.75) is 19.3 Å². The van der Waals surface area contributed by atoms with Crippen molar-refractivity contribution < 1.29 is 19.2 Å². The summed E-state index contributed by atoms with van der Waals surface area (Å²) in [5.41, 5.74) is 4.41. The van der Waals surface area contributed by atoms with Crippen LogP contribution in [-0.2, 0) is 12.8 Å². The van der Waals surface area contributed by atoms with Crippen LogP contribution in [0.25, 0.3) is 11.1 Å². The van der Waals surface area contributed by atoms with Gasteiger partial charge >= 0.3 is 0 Å². The summed E-state index contributed by atoms with van der Waals surface area (Å²) in [5.74, 6) is 0.974. The topological polar surface area (TPSA) is 78.7 Å². The van der Waals surface area contributed by atoms with Gasteiger partial charge in [-0.2, -0.15) is 0 Å². The molecule has 0 saturated carbocycles. The summed E-state index contributed by atoms with van der Waals surface area (Å²) >= 11 is 0. The molecule has 1 aliphatic carbocycles. The van der Waals surface area contributed by atoms with E-state index >= 15 is 0 Å². The number of rotatable bonds is 7. The Morgan fingerprint density at radius 1 is 1.00 bits per heavy atom. The number of hydrogen-bond donors (Lipinski definition) is 0. The van der Waals surface area contributed by atoms with E-state index in [0.29, 0.717) is 22.6 Å². The van der Waals surface area contributed by atoms with Crippen LogP contribution >= 0.6 is 0 Å². The highest BCUT2D eigenvalue weighted by Gasteiger charge is 2.17. The lowest BCUT2D eigenvalue weighted by Crippen LogP contribution is -2.12. The Balaban J connectivity index is 1.58. The zero-order chi connectivity index (χ0) is 21.1. The smallest absolute Gasteiger partial charge is 0.270 e. The van der Waals surface area contributed by atoms with Gasteiger partial charge in [0.2, 0.25) is 0 Å². The quantitative estimate of drug-likeness (QED) is 0.314. The number of methoxy groups -OCH3 is 1. The summed E-state index contributed by atoms with van der Waals surface area (Å²) in [4.78, 5) is 23.5. The summed E-state index contributed by atoms with van der Waals surface area (Å²) in [6.45, 7) is -0.139. The fourth-order valence-electron chi connectivity index (χ4n) is 3.73. The number of Topliss-reactive ketones (excluding diaryl/α,β-unsaturated/α-hetero) is 1. The second kappa shape index (κ2) is 8.37. The highest BCUT2D eigenvalue weighted by atomic mass is 16.6. The maximum Gasteiger partial charge on any atom is 0.270 e. The lowest BCUT2D eigenvalue weighted by molar-refractivity contribution is -0.384. The minimum Gasteiger partial charge on any atom is -0.497 e. The van der Waals surface area contributed by atoms with Gasteiger partial charge in [0, 0.05) is 23.3 Å². The number of fused-ring (bicyclic) bond motifs is 1. The average Bonchev–Trinajstić information content (AvgIpc) is 3.25. The molecule has 30 heavy (non-hydrogen) atoms. The van der Waals surface area contributed by atoms with Gasteiger partial charge in [0.15, 0.2) is 12.4 Å². The van der Waals surface area contributed by atoms with Crippen molar-refractivity contribution in [3.63, 3.8) is 0 Å². The minimum atomic E-state index is -0.452. The molecule has 3 aromatic rings. The molecule has 0 amide bonds. The zero-order valence-corrected chi connectivity index (χ0v) is 16.6. The van der Waals surface area contributed by atoms with Crippen molar-refractivity contribution >= 4 is 11.5 Å². The molecular formula is C24H21NO5. The third kappa shape index (κ3) is 4.03. The Kier molecular flexibility index (Phi) is 5.48. The molecule has 0 unspecified atom stereocenters. The van der Waals surface area contributed by atoms with Crippen LogP contribution in [0.5, 0.6) is 11.5 Å². The van der Waals surface area contributed by atoms with Gasteiger partial charge in [0.1, 0.15) is 11.5 Å². The van der Waals surface area contributed by atoms with E-state index in [4.69, 9.17) is 9.47 Å². The third-order valence-electron chi connectivity index (χ3n) is 5.35. The van der Waals surface area contributed by atoms with Crippen molar-refractivity contribution in [1.29, 1.82) is 0 Å². The van der Waals surface area contributed by atoms with E-state index in [1.54, 1.807) is 31.4 Å². The van der Waals surface area contributed by atoms with Crippen molar-refractivity contribution in [3.05, 3.63) is 87.5 Å². The van der Waals surface area contributed by atoms with Gasteiger partial charge in [0.05, 0.1) is 12.0 Å². The van der Waals surface area contributed by atoms with E-state index in [9.17, 15) is 14.9 Å². The van der Waals surface area contributed by atoms with E-state index in [1.807, 2.05) is 18.2 Å². The number of hydrogen-bond acceptors (Lipinski definition) is 5. The zero-order valence-electron chi connectivity index (χ0n) is 16.6. The van der Waals surface area contributed by atoms with Gasteiger partial charge in [-0.15, -0.1) is 0 Å². The predicted octanol–water partition coefficient (Wildman–Crippen LogP) is 5.02. The standard InChI is InChI=1S/C24H21NO5/c1-29-21-10-7-17(8-11-21)22-14-20(25(27)28)9-12-24(22)30-15-23(26)19-6-5-16-3-2-4-18(16)13-19/h5-14H,2-4,15H2,1H3. The number of benzene rings is 3. The van der Waals surface area contributed by atoms with Crippen molar-refractivity contribution in [2.75, 3.05) is 13.7 Å². The summed E-state index contributed by atoms with van der Waals surface area (Å²) in [5, 5.41) is 11.2. The second-order valence-corrected chi connectivity index (χ2v) is 7.21. The van der Waals surface area contributed by atoms with Crippen LogP contribution < -0.4 is 9.47 Å². The number of carbonyl (C=O) groups excluding carboxylic acids is 1. The van der Waals surface area contributed by atoms with Gasteiger partial charge in [-0.3, -0.25) is 14.9 Å². The average molecular weight is 403 g/mol.